The number of halogens is 1. The van der Waals surface area contributed by atoms with Gasteiger partial charge in [0, 0.05) is 7.05 Å². The number of hydrogen-bond donors (Lipinski definition) is 0. The van der Waals surface area contributed by atoms with Gasteiger partial charge in [0.15, 0.2) is 0 Å². The van der Waals surface area contributed by atoms with Crippen LogP contribution in [0.3, 0.4) is 0 Å². The number of aromatic nitrogens is 2. The van der Waals surface area contributed by atoms with Gasteiger partial charge in [0.1, 0.15) is 10.2 Å². The average molecular weight is 247 g/mol. The summed E-state index contributed by atoms with van der Waals surface area (Å²) in [5.74, 6) is -0.333. The minimum absolute atomic E-state index is 0.333. The van der Waals surface area contributed by atoms with E-state index in [1.165, 1.54) is 0 Å². The molecule has 0 bridgehead atoms. The van der Waals surface area contributed by atoms with Gasteiger partial charge in [-0.1, -0.05) is 0 Å². The monoisotopic (exact) mass is 246 g/mol. The summed E-state index contributed by atoms with van der Waals surface area (Å²) in [5.41, 5.74) is 1.30. The topological polar surface area (TPSA) is 44.1 Å². The van der Waals surface area contributed by atoms with Crippen molar-refractivity contribution in [2.45, 2.75) is 13.8 Å². The lowest BCUT2D eigenvalue weighted by atomic mass is 10.3. The van der Waals surface area contributed by atoms with Crippen molar-refractivity contribution in [3.05, 3.63) is 15.9 Å². The third kappa shape index (κ3) is 1.91. The lowest BCUT2D eigenvalue weighted by Crippen LogP contribution is -2.06. The minimum atomic E-state index is -0.333. The Balaban J connectivity index is 3.06. The number of ether oxygens (including phenoxy) is 1. The Kier molecular flexibility index (Phi) is 3.08. The molecule has 0 aliphatic carbocycles. The third-order valence-electron chi connectivity index (χ3n) is 1.77. The van der Waals surface area contributed by atoms with Crippen molar-refractivity contribution in [1.82, 2.24) is 9.78 Å². The van der Waals surface area contributed by atoms with E-state index < -0.39 is 0 Å². The molecule has 0 aliphatic rings. The van der Waals surface area contributed by atoms with Crippen LogP contribution in [-0.2, 0) is 11.8 Å². The van der Waals surface area contributed by atoms with Crippen molar-refractivity contribution in [2.75, 3.05) is 6.61 Å². The SMILES string of the molecule is CCOC(=O)c1c(Br)nn(C)c1C. The van der Waals surface area contributed by atoms with Crippen molar-refractivity contribution in [2.24, 2.45) is 7.05 Å². The van der Waals surface area contributed by atoms with Crippen LogP contribution < -0.4 is 0 Å². The predicted octanol–water partition coefficient (Wildman–Crippen LogP) is 1.67. The van der Waals surface area contributed by atoms with Gasteiger partial charge in [-0.05, 0) is 29.8 Å². The normalized spacial score (nSPS) is 10.2. The summed E-state index contributed by atoms with van der Waals surface area (Å²) >= 11 is 3.21. The zero-order chi connectivity index (χ0) is 10.0. The fraction of sp³-hybridized carbons (Fsp3) is 0.500. The second-order valence-electron chi connectivity index (χ2n) is 2.60. The van der Waals surface area contributed by atoms with Crippen LogP contribution in [0, 0.1) is 6.92 Å². The smallest absolute Gasteiger partial charge is 0.342 e. The van der Waals surface area contributed by atoms with E-state index in [1.54, 1.807) is 18.7 Å². The number of rotatable bonds is 2. The zero-order valence-corrected chi connectivity index (χ0v) is 9.38. The molecule has 0 amide bonds. The molecule has 0 unspecified atom stereocenters. The Labute approximate surface area is 85.0 Å². The second kappa shape index (κ2) is 3.91. The third-order valence-corrected chi connectivity index (χ3v) is 2.33. The summed E-state index contributed by atoms with van der Waals surface area (Å²) in [6, 6.07) is 0. The lowest BCUT2D eigenvalue weighted by molar-refractivity contribution is 0.0524. The average Bonchev–Trinajstić information content (AvgIpc) is 2.27. The molecule has 0 aliphatic heterocycles. The molecule has 0 saturated heterocycles. The van der Waals surface area contributed by atoms with E-state index in [1.807, 2.05) is 6.92 Å². The van der Waals surface area contributed by atoms with E-state index >= 15 is 0 Å². The molecule has 0 spiro atoms. The summed E-state index contributed by atoms with van der Waals surface area (Å²) in [7, 11) is 1.78. The molecule has 0 atom stereocenters. The fourth-order valence-electron chi connectivity index (χ4n) is 1.00. The minimum Gasteiger partial charge on any atom is -0.462 e. The van der Waals surface area contributed by atoms with E-state index in [4.69, 9.17) is 4.74 Å². The van der Waals surface area contributed by atoms with E-state index in [0.29, 0.717) is 16.8 Å². The number of nitrogens with zero attached hydrogens (tertiary/aromatic N) is 2. The predicted molar refractivity (Wildman–Crippen MR) is 51.6 cm³/mol. The van der Waals surface area contributed by atoms with Gasteiger partial charge < -0.3 is 4.74 Å². The Morgan fingerprint density at radius 2 is 2.31 bits per heavy atom. The molecule has 1 heterocycles. The van der Waals surface area contributed by atoms with Gasteiger partial charge >= 0.3 is 5.97 Å². The highest BCUT2D eigenvalue weighted by Crippen LogP contribution is 2.19. The molecule has 1 rings (SSSR count). The largest absolute Gasteiger partial charge is 0.462 e. The van der Waals surface area contributed by atoms with Crippen LogP contribution >= 0.6 is 15.9 Å². The van der Waals surface area contributed by atoms with Crippen LogP contribution in [0.4, 0.5) is 0 Å². The van der Waals surface area contributed by atoms with Crippen molar-refractivity contribution >= 4 is 21.9 Å². The van der Waals surface area contributed by atoms with Crippen LogP contribution in [0.1, 0.15) is 23.0 Å². The van der Waals surface area contributed by atoms with E-state index in [9.17, 15) is 4.79 Å². The lowest BCUT2D eigenvalue weighted by Gasteiger charge is -2.00. The fourth-order valence-corrected chi connectivity index (χ4v) is 1.69. The van der Waals surface area contributed by atoms with Gasteiger partial charge in [0.05, 0.1) is 12.3 Å². The highest BCUT2D eigenvalue weighted by atomic mass is 79.9. The first-order chi connectivity index (χ1) is 6.07. The molecule has 4 nitrogen and oxygen atoms in total. The van der Waals surface area contributed by atoms with Crippen molar-refractivity contribution < 1.29 is 9.53 Å². The molecular formula is C8H11BrN2O2. The molecule has 0 aromatic carbocycles. The first-order valence-electron chi connectivity index (χ1n) is 3.94. The zero-order valence-electron chi connectivity index (χ0n) is 7.80. The molecule has 1 aromatic rings. The Bertz CT molecular complexity index is 333. The van der Waals surface area contributed by atoms with Gasteiger partial charge in [-0.2, -0.15) is 5.10 Å². The van der Waals surface area contributed by atoms with Crippen LogP contribution in [0.25, 0.3) is 0 Å². The van der Waals surface area contributed by atoms with Crippen LogP contribution in [-0.4, -0.2) is 22.4 Å². The molecule has 0 fully saturated rings. The van der Waals surface area contributed by atoms with Crippen LogP contribution in [0.2, 0.25) is 0 Å². The van der Waals surface area contributed by atoms with Crippen molar-refractivity contribution in [1.29, 1.82) is 0 Å². The highest BCUT2D eigenvalue weighted by Gasteiger charge is 2.18. The Morgan fingerprint density at radius 3 is 2.69 bits per heavy atom. The van der Waals surface area contributed by atoms with E-state index in [2.05, 4.69) is 21.0 Å². The summed E-state index contributed by atoms with van der Waals surface area (Å²) in [5, 5.41) is 4.05. The van der Waals surface area contributed by atoms with Gasteiger partial charge in [-0.25, -0.2) is 4.79 Å². The summed E-state index contributed by atoms with van der Waals surface area (Å²) in [6.45, 7) is 3.97. The standard InChI is InChI=1S/C8H11BrN2O2/c1-4-13-8(12)6-5(2)11(3)10-7(6)9/h4H2,1-3H3. The second-order valence-corrected chi connectivity index (χ2v) is 3.35. The summed E-state index contributed by atoms with van der Waals surface area (Å²) < 4.78 is 7.05. The summed E-state index contributed by atoms with van der Waals surface area (Å²) in [4.78, 5) is 11.4. The number of carbonyl (C=O) groups is 1. The maximum absolute atomic E-state index is 11.4. The molecular weight excluding hydrogens is 236 g/mol. The van der Waals surface area contributed by atoms with Crippen LogP contribution in [0.15, 0.2) is 4.60 Å². The Hall–Kier alpha value is -0.840. The molecule has 1 aromatic heterocycles. The van der Waals surface area contributed by atoms with Crippen LogP contribution in [0.5, 0.6) is 0 Å². The van der Waals surface area contributed by atoms with Crippen molar-refractivity contribution in [3.8, 4) is 0 Å². The van der Waals surface area contributed by atoms with Gasteiger partial charge in [0.25, 0.3) is 0 Å². The van der Waals surface area contributed by atoms with Crippen molar-refractivity contribution in [3.63, 3.8) is 0 Å². The van der Waals surface area contributed by atoms with E-state index in [-0.39, 0.29) is 5.97 Å². The number of hydrogen-bond acceptors (Lipinski definition) is 3. The Morgan fingerprint density at radius 1 is 1.69 bits per heavy atom. The quantitative estimate of drug-likeness (QED) is 0.746. The summed E-state index contributed by atoms with van der Waals surface area (Å²) in [6.07, 6.45) is 0. The number of aryl methyl sites for hydroxylation is 1. The molecule has 0 N–H and O–H groups in total. The van der Waals surface area contributed by atoms with E-state index in [0.717, 1.165) is 5.69 Å². The van der Waals surface area contributed by atoms with Gasteiger partial charge in [-0.3, -0.25) is 4.68 Å². The molecule has 5 heteroatoms. The number of carbonyl (C=O) groups excluding carboxylic acids is 1. The molecule has 0 radical (unpaired) electrons. The number of esters is 1. The van der Waals surface area contributed by atoms with Gasteiger partial charge in [-0.15, -0.1) is 0 Å². The molecule has 13 heavy (non-hydrogen) atoms. The highest BCUT2D eigenvalue weighted by molar-refractivity contribution is 9.10. The van der Waals surface area contributed by atoms with Gasteiger partial charge in [0.2, 0.25) is 0 Å². The maximum Gasteiger partial charge on any atom is 0.342 e. The molecule has 0 saturated carbocycles. The first-order valence-corrected chi connectivity index (χ1v) is 4.73. The maximum atomic E-state index is 11.4. The molecule has 72 valence electrons. The first kappa shape index (κ1) is 10.2.